The first-order chi connectivity index (χ1) is 7.16. The number of hydrogen-bond donors (Lipinski definition) is 1. The number of hydrogen-bond acceptors (Lipinski definition) is 2. The minimum absolute atomic E-state index is 0.195. The van der Waals surface area contributed by atoms with E-state index in [9.17, 15) is 4.39 Å². The highest BCUT2D eigenvalue weighted by molar-refractivity contribution is 9.10. The number of halogens is 2. The van der Waals surface area contributed by atoms with Crippen LogP contribution in [0.1, 0.15) is 24.3 Å². The van der Waals surface area contributed by atoms with Gasteiger partial charge in [0, 0.05) is 9.72 Å². The molecule has 2 unspecified atom stereocenters. The summed E-state index contributed by atoms with van der Waals surface area (Å²) in [7, 11) is 0. The van der Waals surface area contributed by atoms with Crippen LogP contribution in [0, 0.1) is 5.82 Å². The van der Waals surface area contributed by atoms with Crippen molar-refractivity contribution in [1.82, 2.24) is 5.32 Å². The van der Waals surface area contributed by atoms with Crippen molar-refractivity contribution in [3.8, 4) is 0 Å². The SMILES string of the molecule is CC1CCNC(c2ccc(F)cc2Br)S1. The Kier molecular flexibility index (Phi) is 3.69. The maximum atomic E-state index is 12.9. The molecule has 1 saturated heterocycles. The van der Waals surface area contributed by atoms with Crippen molar-refractivity contribution in [1.29, 1.82) is 0 Å². The van der Waals surface area contributed by atoms with Gasteiger partial charge in [0.05, 0.1) is 5.37 Å². The van der Waals surface area contributed by atoms with E-state index in [0.29, 0.717) is 5.25 Å². The second-order valence-electron chi connectivity index (χ2n) is 3.74. The van der Waals surface area contributed by atoms with E-state index in [1.165, 1.54) is 18.6 Å². The molecule has 1 aromatic rings. The molecule has 0 amide bonds. The van der Waals surface area contributed by atoms with Crippen LogP contribution < -0.4 is 5.32 Å². The topological polar surface area (TPSA) is 12.0 Å². The fourth-order valence-electron chi connectivity index (χ4n) is 1.66. The highest BCUT2D eigenvalue weighted by atomic mass is 79.9. The molecule has 0 aliphatic carbocycles. The summed E-state index contributed by atoms with van der Waals surface area (Å²) in [4.78, 5) is 0. The number of nitrogens with one attached hydrogen (secondary N) is 1. The fourth-order valence-corrected chi connectivity index (χ4v) is 3.68. The van der Waals surface area contributed by atoms with Crippen LogP contribution in [-0.2, 0) is 0 Å². The van der Waals surface area contributed by atoms with Crippen LogP contribution in [0.4, 0.5) is 4.39 Å². The highest BCUT2D eigenvalue weighted by Gasteiger charge is 2.21. The van der Waals surface area contributed by atoms with Gasteiger partial charge in [0.25, 0.3) is 0 Å². The van der Waals surface area contributed by atoms with E-state index in [1.54, 1.807) is 0 Å². The second kappa shape index (κ2) is 4.85. The second-order valence-corrected chi connectivity index (χ2v) is 6.14. The smallest absolute Gasteiger partial charge is 0.124 e. The van der Waals surface area contributed by atoms with Gasteiger partial charge in [-0.25, -0.2) is 4.39 Å². The van der Waals surface area contributed by atoms with Crippen molar-refractivity contribution in [2.24, 2.45) is 0 Å². The number of rotatable bonds is 1. The van der Waals surface area contributed by atoms with Gasteiger partial charge in [-0.3, -0.25) is 0 Å². The molecule has 1 heterocycles. The minimum Gasteiger partial charge on any atom is -0.302 e. The van der Waals surface area contributed by atoms with Crippen LogP contribution >= 0.6 is 27.7 Å². The van der Waals surface area contributed by atoms with Crippen LogP contribution in [-0.4, -0.2) is 11.8 Å². The Morgan fingerprint density at radius 1 is 1.53 bits per heavy atom. The lowest BCUT2D eigenvalue weighted by atomic mass is 10.2. The summed E-state index contributed by atoms with van der Waals surface area (Å²) < 4.78 is 13.8. The quantitative estimate of drug-likeness (QED) is 0.846. The average molecular weight is 290 g/mol. The zero-order valence-electron chi connectivity index (χ0n) is 8.47. The van der Waals surface area contributed by atoms with Crippen LogP contribution in [0.25, 0.3) is 0 Å². The summed E-state index contributed by atoms with van der Waals surface area (Å²) in [6, 6.07) is 4.89. The molecule has 2 rings (SSSR count). The zero-order valence-corrected chi connectivity index (χ0v) is 10.9. The van der Waals surface area contributed by atoms with E-state index in [0.717, 1.165) is 16.6 Å². The Bertz CT molecular complexity index is 358. The van der Waals surface area contributed by atoms with Crippen molar-refractivity contribution < 1.29 is 4.39 Å². The summed E-state index contributed by atoms with van der Waals surface area (Å²) in [5.74, 6) is -0.195. The van der Waals surface area contributed by atoms with E-state index in [2.05, 4.69) is 28.2 Å². The summed E-state index contributed by atoms with van der Waals surface area (Å²) in [5.41, 5.74) is 1.13. The highest BCUT2D eigenvalue weighted by Crippen LogP contribution is 2.37. The molecule has 0 bridgehead atoms. The predicted molar refractivity (Wildman–Crippen MR) is 66.5 cm³/mol. The molecule has 1 nitrogen and oxygen atoms in total. The van der Waals surface area contributed by atoms with Crippen molar-refractivity contribution in [3.63, 3.8) is 0 Å². The Hall–Kier alpha value is -0.0600. The van der Waals surface area contributed by atoms with Crippen molar-refractivity contribution in [2.75, 3.05) is 6.54 Å². The molecule has 0 aromatic heterocycles. The molecule has 1 aliphatic heterocycles. The summed E-state index contributed by atoms with van der Waals surface area (Å²) in [6.07, 6.45) is 1.19. The van der Waals surface area contributed by atoms with Gasteiger partial charge in [0.2, 0.25) is 0 Å². The Labute approximate surface area is 102 Å². The van der Waals surface area contributed by atoms with Gasteiger partial charge < -0.3 is 5.32 Å². The molecule has 1 N–H and O–H groups in total. The lowest BCUT2D eigenvalue weighted by Crippen LogP contribution is -2.29. The lowest BCUT2D eigenvalue weighted by molar-refractivity contribution is 0.598. The third-order valence-electron chi connectivity index (χ3n) is 2.49. The van der Waals surface area contributed by atoms with Crippen LogP contribution in [0.3, 0.4) is 0 Å². The molecule has 0 radical (unpaired) electrons. The van der Waals surface area contributed by atoms with E-state index in [4.69, 9.17) is 0 Å². The standard InChI is InChI=1S/C11H13BrFNS/c1-7-4-5-14-11(15-7)9-3-2-8(13)6-10(9)12/h2-3,6-7,11,14H,4-5H2,1H3. The van der Waals surface area contributed by atoms with Gasteiger partial charge in [-0.05, 0) is 30.7 Å². The molecule has 82 valence electrons. The Morgan fingerprint density at radius 3 is 3.00 bits per heavy atom. The van der Waals surface area contributed by atoms with Gasteiger partial charge in [-0.2, -0.15) is 0 Å². The molecular weight excluding hydrogens is 277 g/mol. The third kappa shape index (κ3) is 2.74. The maximum absolute atomic E-state index is 12.9. The summed E-state index contributed by atoms with van der Waals surface area (Å²) in [5, 5.41) is 4.38. The lowest BCUT2D eigenvalue weighted by Gasteiger charge is -2.28. The Balaban J connectivity index is 2.21. The van der Waals surface area contributed by atoms with Gasteiger partial charge in [-0.1, -0.05) is 28.9 Å². The largest absolute Gasteiger partial charge is 0.302 e. The maximum Gasteiger partial charge on any atom is 0.124 e. The predicted octanol–water partition coefficient (Wildman–Crippen LogP) is 3.70. The van der Waals surface area contributed by atoms with E-state index < -0.39 is 0 Å². The molecule has 0 spiro atoms. The number of thioether (sulfide) groups is 1. The van der Waals surface area contributed by atoms with Crippen molar-refractivity contribution in [3.05, 3.63) is 34.1 Å². The summed E-state index contributed by atoms with van der Waals surface area (Å²) >= 11 is 5.31. The van der Waals surface area contributed by atoms with Gasteiger partial charge in [-0.15, -0.1) is 11.8 Å². The Morgan fingerprint density at radius 2 is 2.33 bits per heavy atom. The molecule has 0 saturated carbocycles. The van der Waals surface area contributed by atoms with Gasteiger partial charge >= 0.3 is 0 Å². The minimum atomic E-state index is -0.195. The molecule has 15 heavy (non-hydrogen) atoms. The van der Waals surface area contributed by atoms with E-state index in [-0.39, 0.29) is 11.2 Å². The van der Waals surface area contributed by atoms with Gasteiger partial charge in [0.1, 0.15) is 5.82 Å². The van der Waals surface area contributed by atoms with Crippen LogP contribution in [0.2, 0.25) is 0 Å². The van der Waals surface area contributed by atoms with Crippen molar-refractivity contribution >= 4 is 27.7 Å². The third-order valence-corrected chi connectivity index (χ3v) is 4.57. The number of benzene rings is 1. The molecule has 4 heteroatoms. The van der Waals surface area contributed by atoms with E-state index in [1.807, 2.05) is 17.8 Å². The van der Waals surface area contributed by atoms with Crippen LogP contribution in [0.5, 0.6) is 0 Å². The monoisotopic (exact) mass is 289 g/mol. The summed E-state index contributed by atoms with van der Waals surface area (Å²) in [6.45, 7) is 3.26. The zero-order chi connectivity index (χ0) is 10.8. The van der Waals surface area contributed by atoms with Crippen molar-refractivity contribution in [2.45, 2.75) is 24.0 Å². The molecule has 1 aliphatic rings. The normalized spacial score (nSPS) is 26.6. The van der Waals surface area contributed by atoms with Crippen LogP contribution in [0.15, 0.2) is 22.7 Å². The molecular formula is C11H13BrFNS. The fraction of sp³-hybridized carbons (Fsp3) is 0.455. The first kappa shape index (κ1) is 11.4. The molecule has 1 fully saturated rings. The van der Waals surface area contributed by atoms with E-state index >= 15 is 0 Å². The average Bonchev–Trinajstić information content (AvgIpc) is 2.17. The first-order valence-corrected chi connectivity index (χ1v) is 6.74. The molecule has 1 aromatic carbocycles. The molecule has 2 atom stereocenters. The van der Waals surface area contributed by atoms with Gasteiger partial charge in [0.15, 0.2) is 0 Å². The first-order valence-electron chi connectivity index (χ1n) is 5.00.